The van der Waals surface area contributed by atoms with Crippen LogP contribution >= 0.6 is 11.3 Å². The topological polar surface area (TPSA) is 35.6 Å². The maximum absolute atomic E-state index is 5.46. The summed E-state index contributed by atoms with van der Waals surface area (Å²) in [5.41, 5.74) is 8.70. The molecule has 4 nitrogen and oxygen atoms in total. The lowest BCUT2D eigenvalue weighted by atomic mass is 10.1. The van der Waals surface area contributed by atoms with Crippen LogP contribution in [0.1, 0.15) is 0 Å². The second-order valence-corrected chi connectivity index (χ2v) is 13.7. The molecule has 0 saturated carbocycles. The van der Waals surface area contributed by atoms with Crippen LogP contribution in [0.4, 0.5) is 0 Å². The highest BCUT2D eigenvalue weighted by Gasteiger charge is 2.23. The normalized spacial score (nSPS) is 12.1. The summed E-state index contributed by atoms with van der Waals surface area (Å²) in [4.78, 5) is 10.9. The molecule has 0 unspecified atom stereocenters. The van der Waals surface area contributed by atoms with Crippen molar-refractivity contribution in [2.24, 2.45) is 0 Å². The molecule has 228 valence electrons. The van der Waals surface area contributed by atoms with Gasteiger partial charge in [-0.05, 0) is 53.2 Å². The minimum Gasteiger partial charge on any atom is -0.309 e. The van der Waals surface area contributed by atoms with Gasteiger partial charge in [-0.15, -0.1) is 11.3 Å². The van der Waals surface area contributed by atoms with E-state index in [4.69, 9.17) is 9.97 Å². The van der Waals surface area contributed by atoms with E-state index in [1.165, 1.54) is 48.1 Å². The largest absolute Gasteiger partial charge is 0.309 e. The maximum Gasteiger partial charge on any atom is 0.235 e. The predicted molar refractivity (Wildman–Crippen MR) is 207 cm³/mol. The van der Waals surface area contributed by atoms with Gasteiger partial charge in [-0.1, -0.05) is 115 Å². The third-order valence-corrected chi connectivity index (χ3v) is 11.0. The van der Waals surface area contributed by atoms with Crippen LogP contribution < -0.4 is 0 Å². The summed E-state index contributed by atoms with van der Waals surface area (Å²) >= 11 is 1.78. The van der Waals surface area contributed by atoms with E-state index in [-0.39, 0.29) is 0 Å². The molecular formula is C44H26N4S. The van der Waals surface area contributed by atoms with Gasteiger partial charge in [-0.3, -0.25) is 4.57 Å². The number of rotatable bonds is 3. The summed E-state index contributed by atoms with van der Waals surface area (Å²) in [6.45, 7) is 0. The minimum absolute atomic E-state index is 0.673. The summed E-state index contributed by atoms with van der Waals surface area (Å²) < 4.78 is 7.01. The van der Waals surface area contributed by atoms with Gasteiger partial charge >= 0.3 is 0 Å². The molecule has 0 atom stereocenters. The van der Waals surface area contributed by atoms with Crippen LogP contribution in [0.15, 0.2) is 158 Å². The van der Waals surface area contributed by atoms with Crippen molar-refractivity contribution >= 4 is 86.0 Å². The first-order valence-corrected chi connectivity index (χ1v) is 17.3. The summed E-state index contributed by atoms with van der Waals surface area (Å²) in [6, 6.07) is 56.3. The summed E-state index contributed by atoms with van der Waals surface area (Å²) in [6.07, 6.45) is 0. The molecule has 0 amide bonds. The number of aromatic nitrogens is 4. The van der Waals surface area contributed by atoms with E-state index in [1.54, 1.807) is 11.3 Å². The van der Waals surface area contributed by atoms with Crippen molar-refractivity contribution in [1.29, 1.82) is 0 Å². The Morgan fingerprint density at radius 1 is 0.469 bits per heavy atom. The van der Waals surface area contributed by atoms with Crippen molar-refractivity contribution in [3.8, 4) is 22.9 Å². The molecule has 49 heavy (non-hydrogen) atoms. The van der Waals surface area contributed by atoms with Crippen molar-refractivity contribution in [3.05, 3.63) is 158 Å². The zero-order chi connectivity index (χ0) is 32.1. The average Bonchev–Trinajstić information content (AvgIpc) is 3.81. The number of para-hydroxylation sites is 3. The van der Waals surface area contributed by atoms with Crippen molar-refractivity contribution in [2.75, 3.05) is 0 Å². The van der Waals surface area contributed by atoms with Gasteiger partial charge < -0.3 is 4.57 Å². The van der Waals surface area contributed by atoms with E-state index in [0.717, 1.165) is 43.6 Å². The molecule has 11 rings (SSSR count). The van der Waals surface area contributed by atoms with Gasteiger partial charge in [0.1, 0.15) is 0 Å². The Morgan fingerprint density at radius 2 is 1.12 bits per heavy atom. The average molecular weight is 643 g/mol. The molecule has 0 N–H and O–H groups in total. The fourth-order valence-electron chi connectivity index (χ4n) is 7.78. The summed E-state index contributed by atoms with van der Waals surface area (Å²) in [5, 5.41) is 8.44. The van der Waals surface area contributed by atoms with Crippen LogP contribution in [0.2, 0.25) is 0 Å². The van der Waals surface area contributed by atoms with Gasteiger partial charge in [0.2, 0.25) is 5.95 Å². The molecule has 0 radical (unpaired) electrons. The number of benzene rings is 7. The van der Waals surface area contributed by atoms with Crippen LogP contribution in [0.5, 0.6) is 0 Å². The third-order valence-electron chi connectivity index (χ3n) is 9.90. The number of nitrogens with zero attached hydrogens (tertiary/aromatic N) is 4. The minimum atomic E-state index is 0.673. The molecule has 0 aliphatic heterocycles. The standard InChI is InChI=1S/C44H26N4S/c1-3-13-27(14-4-1)40-43-41(34-25-28-15-7-8-16-29(28)26-38(34)49-43)46-44(45-40)48-36-22-12-10-20-33(36)39-37(48)24-23-32-31-19-9-11-21-35(31)47(42(32)39)30-17-5-2-6-18-30/h1-26H. The van der Waals surface area contributed by atoms with Crippen LogP contribution in [0.25, 0.3) is 97.6 Å². The molecule has 5 heteroatoms. The fraction of sp³-hybridized carbons (Fsp3) is 0. The van der Waals surface area contributed by atoms with E-state index in [9.17, 15) is 0 Å². The number of thiophene rings is 1. The molecular weight excluding hydrogens is 617 g/mol. The van der Waals surface area contributed by atoms with Gasteiger partial charge in [0.25, 0.3) is 0 Å². The van der Waals surface area contributed by atoms with E-state index in [1.807, 2.05) is 0 Å². The quantitative estimate of drug-likeness (QED) is 0.192. The molecule has 0 bridgehead atoms. The smallest absolute Gasteiger partial charge is 0.235 e. The van der Waals surface area contributed by atoms with E-state index in [0.29, 0.717) is 5.95 Å². The van der Waals surface area contributed by atoms with Gasteiger partial charge in [-0.2, -0.15) is 0 Å². The third kappa shape index (κ3) is 3.79. The summed E-state index contributed by atoms with van der Waals surface area (Å²) in [7, 11) is 0. The molecule has 0 aliphatic carbocycles. The van der Waals surface area contributed by atoms with Crippen molar-refractivity contribution in [1.82, 2.24) is 19.1 Å². The Bertz CT molecular complexity index is 3100. The Hall–Kier alpha value is -6.30. The Labute approximate surface area is 284 Å². The molecule has 7 aromatic carbocycles. The van der Waals surface area contributed by atoms with Crippen LogP contribution in [-0.4, -0.2) is 19.1 Å². The monoisotopic (exact) mass is 642 g/mol. The fourth-order valence-corrected chi connectivity index (χ4v) is 8.96. The van der Waals surface area contributed by atoms with Crippen LogP contribution in [-0.2, 0) is 0 Å². The number of hydrogen-bond acceptors (Lipinski definition) is 3. The van der Waals surface area contributed by atoms with Gasteiger partial charge in [0.05, 0.1) is 38.0 Å². The molecule has 11 aromatic rings. The molecule has 0 spiro atoms. The Balaban J connectivity index is 1.31. The summed E-state index contributed by atoms with van der Waals surface area (Å²) in [5.74, 6) is 0.673. The number of fused-ring (bicyclic) bond motifs is 11. The first-order chi connectivity index (χ1) is 24.3. The van der Waals surface area contributed by atoms with Gasteiger partial charge in [0.15, 0.2) is 0 Å². The lowest BCUT2D eigenvalue weighted by molar-refractivity contribution is 1.02. The van der Waals surface area contributed by atoms with E-state index >= 15 is 0 Å². The highest BCUT2D eigenvalue weighted by molar-refractivity contribution is 7.26. The lowest BCUT2D eigenvalue weighted by Crippen LogP contribution is -2.02. The zero-order valence-corrected chi connectivity index (χ0v) is 27.0. The lowest BCUT2D eigenvalue weighted by Gasteiger charge is -2.11. The first-order valence-electron chi connectivity index (χ1n) is 16.5. The Kier molecular flexibility index (Phi) is 5.51. The first kappa shape index (κ1) is 26.7. The molecule has 0 saturated heterocycles. The van der Waals surface area contributed by atoms with E-state index < -0.39 is 0 Å². The van der Waals surface area contributed by atoms with Crippen molar-refractivity contribution in [2.45, 2.75) is 0 Å². The molecule has 4 aromatic heterocycles. The van der Waals surface area contributed by atoms with Crippen molar-refractivity contribution in [3.63, 3.8) is 0 Å². The maximum atomic E-state index is 5.46. The number of hydrogen-bond donors (Lipinski definition) is 0. The zero-order valence-electron chi connectivity index (χ0n) is 26.2. The molecule has 4 heterocycles. The van der Waals surface area contributed by atoms with Crippen LogP contribution in [0, 0.1) is 0 Å². The van der Waals surface area contributed by atoms with Crippen LogP contribution in [0.3, 0.4) is 0 Å². The van der Waals surface area contributed by atoms with E-state index in [2.05, 4.69) is 167 Å². The van der Waals surface area contributed by atoms with Gasteiger partial charge in [0, 0.05) is 42.9 Å². The SMILES string of the molecule is c1ccc(-c2nc(-n3c4ccccc4c4c3ccc3c5ccccc5n(-c5ccccc5)c34)nc3c2sc2cc4ccccc4cc23)cc1. The highest BCUT2D eigenvalue weighted by atomic mass is 32.1. The van der Waals surface area contributed by atoms with Crippen molar-refractivity contribution < 1.29 is 0 Å². The second kappa shape index (κ2) is 10.1. The Morgan fingerprint density at radius 3 is 1.92 bits per heavy atom. The predicted octanol–water partition coefficient (Wildman–Crippen LogP) is 11.9. The molecule has 0 fully saturated rings. The second-order valence-electron chi connectivity index (χ2n) is 12.6. The van der Waals surface area contributed by atoms with Gasteiger partial charge in [-0.25, -0.2) is 9.97 Å². The highest BCUT2D eigenvalue weighted by Crippen LogP contribution is 2.44. The molecule has 0 aliphatic rings.